The van der Waals surface area contributed by atoms with Crippen molar-refractivity contribution in [2.24, 2.45) is 0 Å². The zero-order valence-corrected chi connectivity index (χ0v) is 12.9. The molecule has 5 heteroatoms. The van der Waals surface area contributed by atoms with Crippen molar-refractivity contribution in [1.82, 2.24) is 4.72 Å². The van der Waals surface area contributed by atoms with Crippen LogP contribution in [0.15, 0.2) is 35.7 Å². The van der Waals surface area contributed by atoms with Gasteiger partial charge in [0.05, 0.1) is 12.3 Å². The van der Waals surface area contributed by atoms with E-state index in [0.29, 0.717) is 0 Å². The van der Waals surface area contributed by atoms with Crippen molar-refractivity contribution in [3.8, 4) is 0 Å². The zero-order valence-electron chi connectivity index (χ0n) is 11.3. The molecule has 0 saturated heterocycles. The summed E-state index contributed by atoms with van der Waals surface area (Å²) in [4.78, 5) is 1.02. The van der Waals surface area contributed by atoms with Gasteiger partial charge in [0.25, 0.3) is 0 Å². The lowest BCUT2D eigenvalue weighted by molar-refractivity contribution is 0.579. The highest BCUT2D eigenvalue weighted by molar-refractivity contribution is 7.88. The maximum absolute atomic E-state index is 11.6. The van der Waals surface area contributed by atoms with Crippen LogP contribution in [0.25, 0.3) is 0 Å². The number of hydrogen-bond acceptors (Lipinski definition) is 3. The molecule has 0 spiro atoms. The summed E-state index contributed by atoms with van der Waals surface area (Å²) in [6.45, 7) is 0. The first-order valence-electron chi connectivity index (χ1n) is 6.65. The van der Waals surface area contributed by atoms with Gasteiger partial charge in [0.15, 0.2) is 0 Å². The van der Waals surface area contributed by atoms with Gasteiger partial charge in [-0.25, -0.2) is 13.1 Å². The number of rotatable bonds is 4. The van der Waals surface area contributed by atoms with Crippen LogP contribution in [-0.2, 0) is 22.9 Å². The van der Waals surface area contributed by atoms with Crippen molar-refractivity contribution in [3.05, 3.63) is 57.3 Å². The van der Waals surface area contributed by atoms with Gasteiger partial charge in [0.2, 0.25) is 10.0 Å². The number of sulfonamides is 1. The van der Waals surface area contributed by atoms with E-state index in [0.717, 1.165) is 23.3 Å². The Morgan fingerprint density at radius 2 is 2.00 bits per heavy atom. The van der Waals surface area contributed by atoms with E-state index in [-0.39, 0.29) is 6.04 Å². The highest BCUT2D eigenvalue weighted by atomic mass is 32.2. The van der Waals surface area contributed by atoms with Gasteiger partial charge in [-0.1, -0.05) is 24.3 Å². The average molecular weight is 307 g/mol. The second-order valence-electron chi connectivity index (χ2n) is 5.22. The number of aryl methyl sites for hydroxylation is 2. The van der Waals surface area contributed by atoms with E-state index < -0.39 is 10.0 Å². The molecule has 1 aliphatic rings. The Morgan fingerprint density at radius 1 is 1.20 bits per heavy atom. The number of hydrogen-bond donors (Lipinski definition) is 1. The van der Waals surface area contributed by atoms with Crippen LogP contribution in [0.4, 0.5) is 0 Å². The Bertz CT molecular complexity index is 705. The standard InChI is InChI=1S/C15H17NO2S2/c1-20(17,18)16-15(14-6-3-9-19-14)13-8-7-11-4-2-5-12(11)10-13/h3,6-10,15-16H,2,4-5H2,1H3/t15-/m1/s1. The highest BCUT2D eigenvalue weighted by Crippen LogP contribution is 2.30. The predicted molar refractivity (Wildman–Crippen MR) is 82.6 cm³/mol. The molecule has 0 fully saturated rings. The molecule has 0 radical (unpaired) electrons. The Hall–Kier alpha value is -1.17. The predicted octanol–water partition coefficient (Wildman–Crippen LogP) is 2.88. The minimum Gasteiger partial charge on any atom is -0.213 e. The lowest BCUT2D eigenvalue weighted by Crippen LogP contribution is -2.27. The van der Waals surface area contributed by atoms with E-state index >= 15 is 0 Å². The Kier molecular flexibility index (Phi) is 3.67. The van der Waals surface area contributed by atoms with Crippen LogP contribution < -0.4 is 4.72 Å². The Labute approximate surface area is 123 Å². The van der Waals surface area contributed by atoms with Gasteiger partial charge in [0.1, 0.15) is 0 Å². The van der Waals surface area contributed by atoms with E-state index in [2.05, 4.69) is 16.9 Å². The Morgan fingerprint density at radius 3 is 2.70 bits per heavy atom. The lowest BCUT2D eigenvalue weighted by Gasteiger charge is -2.17. The fourth-order valence-electron chi connectivity index (χ4n) is 2.73. The van der Waals surface area contributed by atoms with Crippen LogP contribution in [0.2, 0.25) is 0 Å². The summed E-state index contributed by atoms with van der Waals surface area (Å²) < 4.78 is 26.0. The van der Waals surface area contributed by atoms with Crippen LogP contribution >= 0.6 is 11.3 Å². The first-order chi connectivity index (χ1) is 9.53. The van der Waals surface area contributed by atoms with Crippen LogP contribution in [-0.4, -0.2) is 14.7 Å². The smallest absolute Gasteiger partial charge is 0.209 e. The van der Waals surface area contributed by atoms with Crippen LogP contribution in [0.5, 0.6) is 0 Å². The summed E-state index contributed by atoms with van der Waals surface area (Å²) in [6.07, 6.45) is 4.64. The fourth-order valence-corrected chi connectivity index (χ4v) is 4.30. The second kappa shape index (κ2) is 5.31. The third kappa shape index (κ3) is 2.95. The van der Waals surface area contributed by atoms with Gasteiger partial charge < -0.3 is 0 Å². The molecule has 1 aromatic heterocycles. The van der Waals surface area contributed by atoms with Crippen molar-refractivity contribution in [2.45, 2.75) is 25.3 Å². The molecule has 106 valence electrons. The van der Waals surface area contributed by atoms with Crippen molar-refractivity contribution < 1.29 is 8.42 Å². The number of fused-ring (bicyclic) bond motifs is 1. The summed E-state index contributed by atoms with van der Waals surface area (Å²) in [5.74, 6) is 0. The minimum absolute atomic E-state index is 0.282. The maximum atomic E-state index is 11.6. The molecular weight excluding hydrogens is 290 g/mol. The number of thiophene rings is 1. The quantitative estimate of drug-likeness (QED) is 0.944. The molecule has 20 heavy (non-hydrogen) atoms. The van der Waals surface area contributed by atoms with E-state index in [1.54, 1.807) is 11.3 Å². The zero-order chi connectivity index (χ0) is 14.2. The number of nitrogens with one attached hydrogen (secondary N) is 1. The molecular formula is C15H17NO2S2. The summed E-state index contributed by atoms with van der Waals surface area (Å²) >= 11 is 1.57. The third-order valence-corrected chi connectivity index (χ3v) is 5.22. The van der Waals surface area contributed by atoms with Gasteiger partial charge in [0, 0.05) is 4.88 Å². The fraction of sp³-hybridized carbons (Fsp3) is 0.333. The van der Waals surface area contributed by atoms with E-state index in [1.165, 1.54) is 23.8 Å². The molecule has 3 nitrogen and oxygen atoms in total. The first kappa shape index (κ1) is 13.8. The van der Waals surface area contributed by atoms with Gasteiger partial charge in [-0.3, -0.25) is 0 Å². The molecule has 1 atom stereocenters. The van der Waals surface area contributed by atoms with Crippen LogP contribution in [0.3, 0.4) is 0 Å². The van der Waals surface area contributed by atoms with E-state index in [1.807, 2.05) is 23.6 Å². The van der Waals surface area contributed by atoms with E-state index in [4.69, 9.17) is 0 Å². The summed E-state index contributed by atoms with van der Waals surface area (Å²) in [6, 6.07) is 9.99. The van der Waals surface area contributed by atoms with Crippen molar-refractivity contribution >= 4 is 21.4 Å². The molecule has 0 bridgehead atoms. The lowest BCUT2D eigenvalue weighted by atomic mass is 10.0. The molecule has 0 unspecified atom stereocenters. The summed E-state index contributed by atoms with van der Waals surface area (Å²) in [5.41, 5.74) is 3.79. The second-order valence-corrected chi connectivity index (χ2v) is 7.98. The van der Waals surface area contributed by atoms with Gasteiger partial charge in [-0.2, -0.15) is 0 Å². The average Bonchev–Trinajstić information content (AvgIpc) is 3.05. The van der Waals surface area contributed by atoms with Crippen LogP contribution in [0.1, 0.15) is 34.0 Å². The number of benzene rings is 1. The molecule has 1 heterocycles. The summed E-state index contributed by atoms with van der Waals surface area (Å²) in [7, 11) is -3.25. The van der Waals surface area contributed by atoms with Crippen molar-refractivity contribution in [2.75, 3.05) is 6.26 Å². The first-order valence-corrected chi connectivity index (χ1v) is 9.42. The van der Waals surface area contributed by atoms with Gasteiger partial charge in [-0.05, 0) is 47.4 Å². The molecule has 1 aromatic carbocycles. The maximum Gasteiger partial charge on any atom is 0.209 e. The normalized spacial score (nSPS) is 16.1. The largest absolute Gasteiger partial charge is 0.213 e. The van der Waals surface area contributed by atoms with Gasteiger partial charge in [-0.15, -0.1) is 11.3 Å². The van der Waals surface area contributed by atoms with Crippen molar-refractivity contribution in [1.29, 1.82) is 0 Å². The Balaban J connectivity index is 2.01. The molecule has 1 N–H and O–H groups in total. The monoisotopic (exact) mass is 307 g/mol. The molecule has 0 amide bonds. The van der Waals surface area contributed by atoms with Crippen LogP contribution in [0, 0.1) is 0 Å². The molecule has 2 aromatic rings. The SMILES string of the molecule is CS(=O)(=O)N[C@H](c1ccc2c(c1)CCC2)c1cccs1. The highest BCUT2D eigenvalue weighted by Gasteiger charge is 2.21. The van der Waals surface area contributed by atoms with Crippen molar-refractivity contribution in [3.63, 3.8) is 0 Å². The third-order valence-electron chi connectivity index (χ3n) is 3.62. The van der Waals surface area contributed by atoms with E-state index in [9.17, 15) is 8.42 Å². The molecule has 1 aliphatic carbocycles. The molecule has 0 saturated carbocycles. The summed E-state index contributed by atoms with van der Waals surface area (Å²) in [5, 5.41) is 1.97. The topological polar surface area (TPSA) is 46.2 Å². The molecule has 3 rings (SSSR count). The molecule has 0 aliphatic heterocycles. The minimum atomic E-state index is -3.25. The van der Waals surface area contributed by atoms with Gasteiger partial charge >= 0.3 is 0 Å².